The maximum absolute atomic E-state index is 14.3. The number of sulfonamides is 1. The summed E-state index contributed by atoms with van der Waals surface area (Å²) in [6.45, 7) is 0.974. The van der Waals surface area contributed by atoms with E-state index in [9.17, 15) is 21.6 Å². The van der Waals surface area contributed by atoms with Crippen LogP contribution in [0.2, 0.25) is 0 Å². The molecule has 3 heterocycles. The maximum Gasteiger partial charge on any atom is 0.266 e. The Bertz CT molecular complexity index is 1830. The van der Waals surface area contributed by atoms with Crippen LogP contribution in [0, 0.1) is 11.7 Å². The third kappa shape index (κ3) is 7.14. The van der Waals surface area contributed by atoms with Gasteiger partial charge in [-0.3, -0.25) is 4.90 Å². The maximum atomic E-state index is 14.3. The van der Waals surface area contributed by atoms with Crippen molar-refractivity contribution in [2.45, 2.75) is 42.8 Å². The Labute approximate surface area is 279 Å². The summed E-state index contributed by atoms with van der Waals surface area (Å²) < 4.78 is 85.8. The minimum Gasteiger partial charge on any atom is -0.497 e. The summed E-state index contributed by atoms with van der Waals surface area (Å²) in [5, 5.41) is 0.202. The molecule has 0 amide bonds. The lowest BCUT2D eigenvalue weighted by Gasteiger charge is -2.45. The predicted molar refractivity (Wildman–Crippen MR) is 176 cm³/mol. The number of likely N-dealkylation sites (tertiary alicyclic amines) is 1. The van der Waals surface area contributed by atoms with Crippen molar-refractivity contribution >= 4 is 37.8 Å². The van der Waals surface area contributed by atoms with Crippen molar-refractivity contribution in [3.05, 3.63) is 89.5 Å². The third-order valence-electron chi connectivity index (χ3n) is 8.74. The summed E-state index contributed by atoms with van der Waals surface area (Å²) in [5.74, 6) is 1.40. The Morgan fingerprint density at radius 3 is 2.60 bits per heavy atom. The van der Waals surface area contributed by atoms with E-state index in [0.29, 0.717) is 48.8 Å². The highest BCUT2D eigenvalue weighted by Crippen LogP contribution is 2.46. The molecule has 2 aliphatic heterocycles. The van der Waals surface area contributed by atoms with Gasteiger partial charge in [-0.1, -0.05) is 18.2 Å². The van der Waals surface area contributed by atoms with Crippen LogP contribution in [0.15, 0.2) is 71.9 Å². The van der Waals surface area contributed by atoms with Crippen LogP contribution in [-0.2, 0) is 27.6 Å². The van der Waals surface area contributed by atoms with E-state index in [0.717, 1.165) is 29.1 Å². The van der Waals surface area contributed by atoms with Crippen LogP contribution in [0.25, 0.3) is 0 Å². The molecular weight excluding hydrogens is 668 g/mol. The minimum atomic E-state index is -4.14. The highest BCUT2D eigenvalue weighted by atomic mass is 32.2. The van der Waals surface area contributed by atoms with Crippen LogP contribution in [0.5, 0.6) is 17.2 Å². The van der Waals surface area contributed by atoms with Gasteiger partial charge in [0.15, 0.2) is 11.1 Å². The van der Waals surface area contributed by atoms with Gasteiger partial charge in [-0.2, -0.15) is 4.37 Å². The Morgan fingerprint density at radius 1 is 1.09 bits per heavy atom. The Balaban J connectivity index is 1.32. The zero-order valence-corrected chi connectivity index (χ0v) is 28.3. The summed E-state index contributed by atoms with van der Waals surface area (Å²) in [6.07, 6.45) is 3.35. The highest BCUT2D eigenvalue weighted by Gasteiger charge is 2.38. The summed E-state index contributed by atoms with van der Waals surface area (Å²) in [5.41, 5.74) is 2.39. The monoisotopic (exact) mass is 702 g/mol. The molecule has 0 bridgehead atoms. The standard InChI is InChI=1S/C32H35FN4O7S3/c1-42-25-8-5-23(30(16-25)43-2)18-37(32-34-20-35-45-32)47(40,41)26-9-10-27-28(12-14-44-31(27)17-26)36-13-11-21(19-46(38)39)15-29(36)22-3-6-24(33)7-4-22/h3-10,16-17,20-21,28-29H,11-15,18-19H2,1-2H3,(H,38,39)/t21-,28+,29+/m1/s1. The fourth-order valence-corrected chi connectivity index (χ4v) is 9.30. The molecule has 0 spiro atoms. The lowest BCUT2D eigenvalue weighted by atomic mass is 9.85. The van der Waals surface area contributed by atoms with Gasteiger partial charge in [-0.15, -0.1) is 0 Å². The molecule has 0 radical (unpaired) electrons. The molecule has 0 aliphatic carbocycles. The van der Waals surface area contributed by atoms with Crippen LogP contribution in [0.4, 0.5) is 9.52 Å². The first-order chi connectivity index (χ1) is 22.7. The topological polar surface area (TPSA) is 131 Å². The molecule has 6 rings (SSSR count). The molecule has 4 atom stereocenters. The lowest BCUT2D eigenvalue weighted by Crippen LogP contribution is -2.42. The van der Waals surface area contributed by atoms with Crippen molar-refractivity contribution in [2.24, 2.45) is 5.92 Å². The number of hydrogen-bond acceptors (Lipinski definition) is 10. The fourth-order valence-electron chi connectivity index (χ4n) is 6.45. The first-order valence-corrected chi connectivity index (χ1v) is 18.5. The molecule has 1 saturated heterocycles. The van der Waals surface area contributed by atoms with Crippen LogP contribution in [0.3, 0.4) is 0 Å². The van der Waals surface area contributed by atoms with Crippen LogP contribution in [0.1, 0.15) is 48.0 Å². The number of fused-ring (bicyclic) bond motifs is 1. The van der Waals surface area contributed by atoms with E-state index in [-0.39, 0.29) is 46.1 Å². The second kappa shape index (κ2) is 14.2. The number of methoxy groups -OCH3 is 2. The molecule has 15 heteroatoms. The average molecular weight is 703 g/mol. The van der Waals surface area contributed by atoms with Crippen molar-refractivity contribution in [1.29, 1.82) is 0 Å². The van der Waals surface area contributed by atoms with Gasteiger partial charge in [-0.25, -0.2) is 26.3 Å². The molecule has 0 saturated carbocycles. The van der Waals surface area contributed by atoms with Crippen LogP contribution < -0.4 is 18.5 Å². The second-order valence-corrected chi connectivity index (χ2v) is 15.0. The molecule has 1 unspecified atom stereocenters. The van der Waals surface area contributed by atoms with Gasteiger partial charge in [-0.05, 0) is 61.2 Å². The van der Waals surface area contributed by atoms with Gasteiger partial charge in [0.2, 0.25) is 5.13 Å². The van der Waals surface area contributed by atoms with Gasteiger partial charge in [0.25, 0.3) is 10.0 Å². The normalized spacial score (nSPS) is 20.6. The average Bonchev–Trinajstić information content (AvgIpc) is 3.61. The van der Waals surface area contributed by atoms with Gasteiger partial charge in [0.1, 0.15) is 29.4 Å². The van der Waals surface area contributed by atoms with E-state index in [1.807, 2.05) is 0 Å². The van der Waals surface area contributed by atoms with Gasteiger partial charge >= 0.3 is 0 Å². The van der Waals surface area contributed by atoms with Crippen molar-refractivity contribution in [2.75, 3.05) is 37.4 Å². The molecule has 3 aromatic carbocycles. The van der Waals surface area contributed by atoms with Crippen LogP contribution >= 0.6 is 11.5 Å². The number of anilines is 1. The Kier molecular flexibility index (Phi) is 10.1. The molecule has 1 fully saturated rings. The first kappa shape index (κ1) is 33.3. The second-order valence-electron chi connectivity index (χ2n) is 11.4. The number of benzene rings is 3. The summed E-state index contributed by atoms with van der Waals surface area (Å²) >= 11 is -0.946. The molecule has 4 aromatic rings. The first-order valence-electron chi connectivity index (χ1n) is 15.0. The van der Waals surface area contributed by atoms with E-state index in [1.165, 1.54) is 29.9 Å². The van der Waals surface area contributed by atoms with Gasteiger partial charge in [0.05, 0.1) is 38.0 Å². The highest BCUT2D eigenvalue weighted by molar-refractivity contribution is 7.93. The Hall–Kier alpha value is -3.63. The minimum absolute atomic E-state index is 0.0367. The van der Waals surface area contributed by atoms with E-state index >= 15 is 0 Å². The Morgan fingerprint density at radius 2 is 1.89 bits per heavy atom. The summed E-state index contributed by atoms with van der Waals surface area (Å²) in [7, 11) is -1.09. The van der Waals surface area contributed by atoms with E-state index in [2.05, 4.69) is 14.3 Å². The smallest absolute Gasteiger partial charge is 0.266 e. The molecule has 1 aromatic heterocycles. The van der Waals surface area contributed by atoms with Crippen molar-refractivity contribution in [3.63, 3.8) is 0 Å². The number of halogens is 1. The molecule has 47 heavy (non-hydrogen) atoms. The third-order valence-corrected chi connectivity index (χ3v) is 12.0. The lowest BCUT2D eigenvalue weighted by molar-refractivity contribution is 0.0493. The van der Waals surface area contributed by atoms with Crippen LogP contribution in [-0.4, -0.2) is 64.6 Å². The summed E-state index contributed by atoms with van der Waals surface area (Å²) in [6, 6.07) is 16.3. The molecule has 250 valence electrons. The summed E-state index contributed by atoms with van der Waals surface area (Å²) in [4.78, 5) is 6.59. The SMILES string of the molecule is COc1ccc(CN(c2ncns2)S(=O)(=O)c2ccc3c(c2)OCC[C@@H]3N2CC[C@@H](CS(=O)O)C[C@H]2c2ccc(F)cc2)c(OC)c1. The predicted octanol–water partition coefficient (Wildman–Crippen LogP) is 5.59. The van der Waals surface area contributed by atoms with Gasteiger partial charge < -0.3 is 18.8 Å². The number of ether oxygens (including phenoxy) is 3. The molecule has 11 nitrogen and oxygen atoms in total. The number of hydrogen-bond donors (Lipinski definition) is 1. The number of aromatic nitrogens is 2. The zero-order chi connectivity index (χ0) is 33.1. The number of rotatable bonds is 11. The molecule has 2 aliphatic rings. The molecule has 1 N–H and O–H groups in total. The largest absolute Gasteiger partial charge is 0.497 e. The fraction of sp³-hybridized carbons (Fsp3) is 0.375. The quantitative estimate of drug-likeness (QED) is 0.198. The van der Waals surface area contributed by atoms with E-state index in [1.54, 1.807) is 55.6 Å². The number of piperidine rings is 1. The van der Waals surface area contributed by atoms with Crippen molar-refractivity contribution in [3.8, 4) is 17.2 Å². The van der Waals surface area contributed by atoms with Crippen molar-refractivity contribution in [1.82, 2.24) is 14.3 Å². The van der Waals surface area contributed by atoms with Gasteiger partial charge in [0, 0.05) is 53.3 Å². The number of nitrogens with zero attached hydrogens (tertiary/aromatic N) is 4. The van der Waals surface area contributed by atoms with E-state index < -0.39 is 21.1 Å². The van der Waals surface area contributed by atoms with Crippen molar-refractivity contribution < 1.29 is 35.8 Å². The molecular formula is C32H35FN4O7S3. The van der Waals surface area contributed by atoms with E-state index in [4.69, 9.17) is 14.2 Å². The zero-order valence-electron chi connectivity index (χ0n) is 25.8.